The lowest BCUT2D eigenvalue weighted by atomic mass is 10.0. The summed E-state index contributed by atoms with van der Waals surface area (Å²) < 4.78 is 41.3. The number of nitrogens with one attached hydrogen (secondary N) is 2. The summed E-state index contributed by atoms with van der Waals surface area (Å²) >= 11 is 0. The van der Waals surface area contributed by atoms with Gasteiger partial charge in [0.25, 0.3) is 0 Å². The number of H-pyrrole nitrogens is 1. The SMILES string of the molecule is O=S(=O)(NC(c1ccc(F)cc1)c1ncc[nH]1)C1CCCCC1. The van der Waals surface area contributed by atoms with Gasteiger partial charge in [0.05, 0.1) is 5.25 Å². The van der Waals surface area contributed by atoms with E-state index < -0.39 is 16.1 Å². The van der Waals surface area contributed by atoms with Gasteiger partial charge in [0.2, 0.25) is 10.0 Å². The zero-order valence-electron chi connectivity index (χ0n) is 12.7. The number of imidazole rings is 1. The minimum absolute atomic E-state index is 0.359. The fraction of sp³-hybridized carbons (Fsp3) is 0.438. The molecule has 5 nitrogen and oxygen atoms in total. The first-order valence-corrected chi connectivity index (χ1v) is 9.37. The molecule has 1 aliphatic carbocycles. The molecule has 2 aromatic rings. The minimum atomic E-state index is -3.47. The molecule has 7 heteroatoms. The molecule has 1 aliphatic rings. The van der Waals surface area contributed by atoms with Crippen LogP contribution >= 0.6 is 0 Å². The summed E-state index contributed by atoms with van der Waals surface area (Å²) in [4.78, 5) is 7.11. The standard InChI is InChI=1S/C16H20FN3O2S/c17-13-8-6-12(7-9-13)15(16-18-10-11-19-16)20-23(21,22)14-4-2-1-3-5-14/h6-11,14-15,20H,1-5H2,(H,18,19). The molecular formula is C16H20FN3O2S. The van der Waals surface area contributed by atoms with E-state index >= 15 is 0 Å². The zero-order chi connectivity index (χ0) is 16.3. The number of rotatable bonds is 5. The maximum Gasteiger partial charge on any atom is 0.215 e. The number of aromatic nitrogens is 2. The monoisotopic (exact) mass is 337 g/mol. The van der Waals surface area contributed by atoms with Crippen LogP contribution in [0.3, 0.4) is 0 Å². The van der Waals surface area contributed by atoms with E-state index in [0.29, 0.717) is 24.2 Å². The van der Waals surface area contributed by atoms with Gasteiger partial charge in [-0.05, 0) is 30.5 Å². The summed E-state index contributed by atoms with van der Waals surface area (Å²) in [5.74, 6) is 0.137. The second kappa shape index (κ2) is 6.80. The number of aromatic amines is 1. The van der Waals surface area contributed by atoms with Crippen LogP contribution in [0, 0.1) is 5.82 Å². The first-order valence-electron chi connectivity index (χ1n) is 7.82. The van der Waals surface area contributed by atoms with Crippen LogP contribution in [0.2, 0.25) is 0 Å². The van der Waals surface area contributed by atoms with E-state index in [0.717, 1.165) is 19.3 Å². The highest BCUT2D eigenvalue weighted by Gasteiger charge is 2.31. The highest BCUT2D eigenvalue weighted by atomic mass is 32.2. The Kier molecular flexibility index (Phi) is 4.77. The Bertz CT molecular complexity index is 723. The number of benzene rings is 1. The molecule has 0 saturated heterocycles. The van der Waals surface area contributed by atoms with Crippen molar-refractivity contribution in [1.29, 1.82) is 0 Å². The average molecular weight is 337 g/mol. The summed E-state index contributed by atoms with van der Waals surface area (Å²) in [6, 6.07) is 5.15. The predicted octanol–water partition coefficient (Wildman–Crippen LogP) is 2.89. The summed E-state index contributed by atoms with van der Waals surface area (Å²) in [5, 5.41) is -0.367. The van der Waals surface area contributed by atoms with Crippen molar-refractivity contribution in [2.24, 2.45) is 0 Å². The second-order valence-corrected chi connectivity index (χ2v) is 7.87. The summed E-state index contributed by atoms with van der Waals surface area (Å²) in [6.45, 7) is 0. The third kappa shape index (κ3) is 3.79. The van der Waals surface area contributed by atoms with Gasteiger partial charge in [0.1, 0.15) is 17.7 Å². The highest BCUT2D eigenvalue weighted by Crippen LogP contribution is 2.27. The first kappa shape index (κ1) is 16.1. The molecule has 2 N–H and O–H groups in total. The van der Waals surface area contributed by atoms with Gasteiger partial charge in [0, 0.05) is 12.4 Å². The molecule has 0 aliphatic heterocycles. The van der Waals surface area contributed by atoms with E-state index in [4.69, 9.17) is 0 Å². The number of sulfonamides is 1. The third-order valence-electron chi connectivity index (χ3n) is 4.27. The van der Waals surface area contributed by atoms with Crippen LogP contribution in [0.15, 0.2) is 36.7 Å². The summed E-state index contributed by atoms with van der Waals surface area (Å²) in [5.41, 5.74) is 0.653. The van der Waals surface area contributed by atoms with E-state index in [1.54, 1.807) is 24.5 Å². The maximum atomic E-state index is 13.2. The van der Waals surface area contributed by atoms with E-state index in [2.05, 4.69) is 14.7 Å². The van der Waals surface area contributed by atoms with Crippen molar-refractivity contribution in [3.8, 4) is 0 Å². The van der Waals surface area contributed by atoms with Crippen LogP contribution < -0.4 is 4.72 Å². The molecule has 0 spiro atoms. The van der Waals surface area contributed by atoms with Gasteiger partial charge >= 0.3 is 0 Å². The third-order valence-corrected chi connectivity index (χ3v) is 6.18. The zero-order valence-corrected chi connectivity index (χ0v) is 13.5. The number of halogens is 1. The quantitative estimate of drug-likeness (QED) is 0.881. The fourth-order valence-corrected chi connectivity index (χ4v) is 4.73. The minimum Gasteiger partial charge on any atom is -0.347 e. The average Bonchev–Trinajstić information content (AvgIpc) is 3.09. The lowest BCUT2D eigenvalue weighted by Gasteiger charge is -2.25. The Balaban J connectivity index is 1.88. The van der Waals surface area contributed by atoms with Crippen LogP contribution in [0.4, 0.5) is 4.39 Å². The molecule has 0 amide bonds. The molecule has 124 valence electrons. The number of hydrogen-bond donors (Lipinski definition) is 2. The first-order chi connectivity index (χ1) is 11.1. The normalized spacial score (nSPS) is 18.0. The van der Waals surface area contributed by atoms with Crippen LogP contribution in [0.25, 0.3) is 0 Å². The number of nitrogens with zero attached hydrogens (tertiary/aromatic N) is 1. The van der Waals surface area contributed by atoms with Crippen molar-refractivity contribution in [1.82, 2.24) is 14.7 Å². The Morgan fingerprint density at radius 3 is 2.48 bits per heavy atom. The molecule has 1 heterocycles. The van der Waals surface area contributed by atoms with Gasteiger partial charge in [-0.2, -0.15) is 4.72 Å². The predicted molar refractivity (Wildman–Crippen MR) is 85.8 cm³/mol. The Hall–Kier alpha value is -1.73. The smallest absolute Gasteiger partial charge is 0.215 e. The van der Waals surface area contributed by atoms with Crippen molar-refractivity contribution < 1.29 is 12.8 Å². The molecule has 23 heavy (non-hydrogen) atoms. The molecule has 3 rings (SSSR count). The van der Waals surface area contributed by atoms with Crippen LogP contribution in [0.5, 0.6) is 0 Å². The van der Waals surface area contributed by atoms with Crippen molar-refractivity contribution in [3.63, 3.8) is 0 Å². The van der Waals surface area contributed by atoms with Gasteiger partial charge in [-0.15, -0.1) is 0 Å². The Morgan fingerprint density at radius 2 is 1.87 bits per heavy atom. The van der Waals surface area contributed by atoms with Crippen molar-refractivity contribution in [2.45, 2.75) is 43.4 Å². The molecule has 0 bridgehead atoms. The number of hydrogen-bond acceptors (Lipinski definition) is 3. The molecule has 1 aromatic heterocycles. The molecule has 1 fully saturated rings. The molecular weight excluding hydrogens is 317 g/mol. The van der Waals surface area contributed by atoms with Gasteiger partial charge in [0.15, 0.2) is 0 Å². The van der Waals surface area contributed by atoms with Gasteiger partial charge in [-0.1, -0.05) is 31.4 Å². The van der Waals surface area contributed by atoms with Crippen LogP contribution in [-0.2, 0) is 10.0 Å². The van der Waals surface area contributed by atoms with E-state index in [9.17, 15) is 12.8 Å². The lowest BCUT2D eigenvalue weighted by molar-refractivity contribution is 0.473. The largest absolute Gasteiger partial charge is 0.347 e. The fourth-order valence-electron chi connectivity index (χ4n) is 3.01. The Labute approximate surface area is 135 Å². The summed E-state index contributed by atoms with van der Waals surface area (Å²) in [6.07, 6.45) is 7.54. The van der Waals surface area contributed by atoms with Crippen molar-refractivity contribution in [2.75, 3.05) is 0 Å². The lowest BCUT2D eigenvalue weighted by Crippen LogP contribution is -2.38. The van der Waals surface area contributed by atoms with Gasteiger partial charge < -0.3 is 4.98 Å². The highest BCUT2D eigenvalue weighted by molar-refractivity contribution is 7.90. The van der Waals surface area contributed by atoms with Crippen LogP contribution in [0.1, 0.15) is 49.5 Å². The van der Waals surface area contributed by atoms with Crippen molar-refractivity contribution in [3.05, 3.63) is 53.9 Å². The molecule has 1 aromatic carbocycles. The molecule has 1 atom stereocenters. The molecule has 1 unspecified atom stereocenters. The molecule has 1 saturated carbocycles. The van der Waals surface area contributed by atoms with Crippen molar-refractivity contribution >= 4 is 10.0 Å². The van der Waals surface area contributed by atoms with Crippen LogP contribution in [-0.4, -0.2) is 23.6 Å². The van der Waals surface area contributed by atoms with E-state index in [-0.39, 0.29) is 11.1 Å². The second-order valence-electron chi connectivity index (χ2n) is 5.88. The Morgan fingerprint density at radius 1 is 1.17 bits per heavy atom. The summed E-state index contributed by atoms with van der Waals surface area (Å²) in [7, 11) is -3.47. The molecule has 0 radical (unpaired) electrons. The van der Waals surface area contributed by atoms with E-state index in [1.807, 2.05) is 0 Å². The van der Waals surface area contributed by atoms with Gasteiger partial charge in [-0.25, -0.2) is 17.8 Å². The van der Waals surface area contributed by atoms with E-state index in [1.165, 1.54) is 12.1 Å². The topological polar surface area (TPSA) is 74.8 Å². The maximum absolute atomic E-state index is 13.2. The van der Waals surface area contributed by atoms with Gasteiger partial charge in [-0.3, -0.25) is 0 Å².